The number of hydrogen-bond acceptors (Lipinski definition) is 2. The Balaban J connectivity index is 1.60. The molecule has 0 aromatic carbocycles. The molecule has 0 radical (unpaired) electrons. The van der Waals surface area contributed by atoms with Crippen molar-refractivity contribution in [3.63, 3.8) is 0 Å². The minimum Gasteiger partial charge on any atom is -0.314 e. The van der Waals surface area contributed by atoms with Gasteiger partial charge in [0.2, 0.25) is 0 Å². The first-order valence-electron chi connectivity index (χ1n) is 16.1. The fourth-order valence-electron chi connectivity index (χ4n) is 7.04. The largest absolute Gasteiger partial charge is 0.314 e. The van der Waals surface area contributed by atoms with E-state index in [1.54, 1.807) is 0 Å². The molecule has 1 N–H and O–H groups in total. The summed E-state index contributed by atoms with van der Waals surface area (Å²) in [5.74, 6) is 1.97. The number of piperidine rings is 1. The van der Waals surface area contributed by atoms with Crippen molar-refractivity contribution in [1.29, 1.82) is 0 Å². The highest BCUT2D eigenvalue weighted by Gasteiger charge is 2.45. The quantitative estimate of drug-likeness (QED) is 0.166. The van der Waals surface area contributed by atoms with Crippen LogP contribution in [0.1, 0.15) is 156 Å². The second-order valence-corrected chi connectivity index (χ2v) is 12.5. The summed E-state index contributed by atoms with van der Waals surface area (Å²) in [6, 6.07) is 0.779. The molecule has 1 spiro atoms. The lowest BCUT2D eigenvalue weighted by Gasteiger charge is -2.53. The van der Waals surface area contributed by atoms with Crippen molar-refractivity contribution in [2.24, 2.45) is 17.3 Å². The van der Waals surface area contributed by atoms with E-state index in [0.29, 0.717) is 0 Å². The van der Waals surface area contributed by atoms with Crippen molar-refractivity contribution >= 4 is 0 Å². The normalized spacial score (nSPS) is 20.5. The van der Waals surface area contributed by atoms with Gasteiger partial charge in [-0.2, -0.15) is 0 Å². The molecule has 0 amide bonds. The molecule has 0 aromatic rings. The highest BCUT2D eigenvalue weighted by atomic mass is 15.1. The first-order chi connectivity index (χ1) is 16.6. The average Bonchev–Trinajstić information content (AvgIpc) is 2.82. The standard InChI is InChI=1S/C32H64N2/c1-5-9-12-13-15-18-29(17-11-7-3)28-34-24-21-32(22-25-34)26-30(27-32)20-23-33-31(16-8-4)19-14-10-6-2/h29-31,33H,5-28H2,1-4H3. The summed E-state index contributed by atoms with van der Waals surface area (Å²) >= 11 is 0. The molecule has 2 aliphatic rings. The number of hydrogen-bond donors (Lipinski definition) is 1. The lowest BCUT2D eigenvalue weighted by molar-refractivity contribution is -0.0199. The summed E-state index contributed by atoms with van der Waals surface area (Å²) in [4.78, 5) is 2.86. The number of likely N-dealkylation sites (tertiary alicyclic amines) is 1. The van der Waals surface area contributed by atoms with Crippen molar-refractivity contribution in [1.82, 2.24) is 10.2 Å². The van der Waals surface area contributed by atoms with Crippen LogP contribution in [0.25, 0.3) is 0 Å². The molecule has 2 nitrogen and oxygen atoms in total. The Morgan fingerprint density at radius 1 is 0.706 bits per heavy atom. The fourth-order valence-corrected chi connectivity index (χ4v) is 7.04. The lowest BCUT2D eigenvalue weighted by atomic mass is 9.57. The second-order valence-electron chi connectivity index (χ2n) is 12.5. The lowest BCUT2D eigenvalue weighted by Crippen LogP contribution is -2.48. The monoisotopic (exact) mass is 477 g/mol. The summed E-state index contributed by atoms with van der Waals surface area (Å²) < 4.78 is 0. The molecule has 2 rings (SSSR count). The van der Waals surface area contributed by atoms with Gasteiger partial charge in [-0.05, 0) is 94.7 Å². The maximum atomic E-state index is 3.94. The van der Waals surface area contributed by atoms with E-state index in [1.165, 1.54) is 155 Å². The van der Waals surface area contributed by atoms with Gasteiger partial charge >= 0.3 is 0 Å². The van der Waals surface area contributed by atoms with Gasteiger partial charge in [0.1, 0.15) is 0 Å². The molecular weight excluding hydrogens is 412 g/mol. The Labute approximate surface area is 215 Å². The molecule has 2 fully saturated rings. The molecule has 0 aromatic heterocycles. The summed E-state index contributed by atoms with van der Waals surface area (Å²) in [6.07, 6.45) is 28.7. The van der Waals surface area contributed by atoms with Gasteiger partial charge in [0.15, 0.2) is 0 Å². The molecule has 0 bridgehead atoms. The zero-order valence-corrected chi connectivity index (χ0v) is 24.1. The van der Waals surface area contributed by atoms with Crippen molar-refractivity contribution in [2.75, 3.05) is 26.2 Å². The smallest absolute Gasteiger partial charge is 0.00669 e. The van der Waals surface area contributed by atoms with Gasteiger partial charge in [0, 0.05) is 12.6 Å². The third-order valence-corrected chi connectivity index (χ3v) is 9.34. The summed E-state index contributed by atoms with van der Waals surface area (Å²) in [5, 5.41) is 3.94. The highest BCUT2D eigenvalue weighted by molar-refractivity contribution is 4.97. The Morgan fingerprint density at radius 3 is 2.00 bits per heavy atom. The van der Waals surface area contributed by atoms with E-state index in [9.17, 15) is 0 Å². The molecule has 1 aliphatic carbocycles. The van der Waals surface area contributed by atoms with Crippen LogP contribution in [0.2, 0.25) is 0 Å². The van der Waals surface area contributed by atoms with E-state index in [1.807, 2.05) is 0 Å². The number of rotatable bonds is 21. The molecule has 1 heterocycles. The Bertz CT molecular complexity index is 460. The van der Waals surface area contributed by atoms with Gasteiger partial charge in [0.25, 0.3) is 0 Å². The van der Waals surface area contributed by atoms with Crippen LogP contribution in [0, 0.1) is 17.3 Å². The molecule has 1 saturated heterocycles. The zero-order valence-electron chi connectivity index (χ0n) is 24.1. The third kappa shape index (κ3) is 11.8. The van der Waals surface area contributed by atoms with Crippen LogP contribution in [0.5, 0.6) is 0 Å². The first-order valence-corrected chi connectivity index (χ1v) is 16.1. The average molecular weight is 477 g/mol. The van der Waals surface area contributed by atoms with E-state index in [-0.39, 0.29) is 0 Å². The summed E-state index contributed by atoms with van der Waals surface area (Å²) in [6.45, 7) is 14.8. The van der Waals surface area contributed by atoms with Crippen LogP contribution < -0.4 is 5.32 Å². The predicted molar refractivity (Wildman–Crippen MR) is 153 cm³/mol. The molecular formula is C32H64N2. The minimum absolute atomic E-state index is 0.740. The van der Waals surface area contributed by atoms with Crippen molar-refractivity contribution in [2.45, 2.75) is 162 Å². The van der Waals surface area contributed by atoms with Gasteiger partial charge < -0.3 is 10.2 Å². The number of nitrogens with zero attached hydrogens (tertiary/aromatic N) is 1. The summed E-state index contributed by atoms with van der Waals surface area (Å²) in [7, 11) is 0. The molecule has 202 valence electrons. The topological polar surface area (TPSA) is 15.3 Å². The van der Waals surface area contributed by atoms with Gasteiger partial charge in [0.05, 0.1) is 0 Å². The Kier molecular flexibility index (Phi) is 16.1. The maximum absolute atomic E-state index is 3.94. The van der Waals surface area contributed by atoms with Crippen LogP contribution >= 0.6 is 0 Å². The van der Waals surface area contributed by atoms with E-state index in [4.69, 9.17) is 0 Å². The van der Waals surface area contributed by atoms with Crippen LogP contribution in [0.3, 0.4) is 0 Å². The van der Waals surface area contributed by atoms with Crippen molar-refractivity contribution in [3.05, 3.63) is 0 Å². The van der Waals surface area contributed by atoms with Crippen LogP contribution in [-0.4, -0.2) is 37.1 Å². The van der Waals surface area contributed by atoms with Crippen molar-refractivity contribution < 1.29 is 0 Å². The van der Waals surface area contributed by atoms with E-state index < -0.39 is 0 Å². The fraction of sp³-hybridized carbons (Fsp3) is 1.00. The third-order valence-electron chi connectivity index (χ3n) is 9.34. The number of nitrogens with one attached hydrogen (secondary N) is 1. The first kappa shape index (κ1) is 30.1. The molecule has 2 unspecified atom stereocenters. The zero-order chi connectivity index (χ0) is 24.5. The summed E-state index contributed by atoms with van der Waals surface area (Å²) in [5.41, 5.74) is 0.740. The van der Waals surface area contributed by atoms with E-state index in [0.717, 1.165) is 23.3 Å². The SMILES string of the molecule is CCCCCCCC(CCCC)CN1CCC2(CC1)CC(CCNC(CCC)CCCCC)C2. The van der Waals surface area contributed by atoms with Gasteiger partial charge in [-0.15, -0.1) is 0 Å². The number of unbranched alkanes of at least 4 members (excludes halogenated alkanes) is 7. The van der Waals surface area contributed by atoms with Gasteiger partial charge in [-0.1, -0.05) is 98.3 Å². The molecule has 2 atom stereocenters. The van der Waals surface area contributed by atoms with Gasteiger partial charge in [-0.3, -0.25) is 0 Å². The van der Waals surface area contributed by atoms with Crippen LogP contribution in [-0.2, 0) is 0 Å². The molecule has 1 saturated carbocycles. The second kappa shape index (κ2) is 18.2. The molecule has 34 heavy (non-hydrogen) atoms. The van der Waals surface area contributed by atoms with Crippen LogP contribution in [0.4, 0.5) is 0 Å². The maximum Gasteiger partial charge on any atom is 0.00669 e. The van der Waals surface area contributed by atoms with E-state index in [2.05, 4.69) is 37.9 Å². The Hall–Kier alpha value is -0.0800. The molecule has 2 heteroatoms. The van der Waals surface area contributed by atoms with E-state index >= 15 is 0 Å². The minimum atomic E-state index is 0.740. The van der Waals surface area contributed by atoms with Gasteiger partial charge in [-0.25, -0.2) is 0 Å². The predicted octanol–water partition coefficient (Wildman–Crippen LogP) is 9.37. The molecule has 1 aliphatic heterocycles. The highest BCUT2D eigenvalue weighted by Crippen LogP contribution is 2.53. The Morgan fingerprint density at radius 2 is 1.32 bits per heavy atom. The van der Waals surface area contributed by atoms with Crippen molar-refractivity contribution in [3.8, 4) is 0 Å². The van der Waals surface area contributed by atoms with Crippen LogP contribution in [0.15, 0.2) is 0 Å².